The van der Waals surface area contributed by atoms with Crippen molar-refractivity contribution in [3.8, 4) is 11.1 Å². The summed E-state index contributed by atoms with van der Waals surface area (Å²) >= 11 is 3.67. The SMILES string of the molecule is CC(C)(O)c1ccccc1-c1ccc2oc3cc(Br)c4ccccc4c3c2c1. The molecule has 0 saturated carbocycles. The van der Waals surface area contributed by atoms with E-state index in [1.54, 1.807) is 0 Å². The van der Waals surface area contributed by atoms with E-state index in [0.29, 0.717) is 0 Å². The molecule has 0 aliphatic heterocycles. The monoisotopic (exact) mass is 430 g/mol. The number of aliphatic hydroxyl groups is 1. The molecule has 0 spiro atoms. The maximum atomic E-state index is 10.6. The molecule has 5 rings (SSSR count). The first kappa shape index (κ1) is 17.5. The molecular formula is C25H19BrO2. The largest absolute Gasteiger partial charge is 0.456 e. The minimum Gasteiger partial charge on any atom is -0.456 e. The molecular weight excluding hydrogens is 412 g/mol. The Bertz CT molecular complexity index is 1360. The summed E-state index contributed by atoms with van der Waals surface area (Å²) in [5.41, 5.74) is 3.83. The van der Waals surface area contributed by atoms with E-state index in [1.807, 2.05) is 50.2 Å². The fraction of sp³-hybridized carbons (Fsp3) is 0.120. The lowest BCUT2D eigenvalue weighted by atomic mass is 9.89. The van der Waals surface area contributed by atoms with E-state index in [1.165, 1.54) is 10.8 Å². The fourth-order valence-electron chi connectivity index (χ4n) is 4.03. The van der Waals surface area contributed by atoms with E-state index >= 15 is 0 Å². The summed E-state index contributed by atoms with van der Waals surface area (Å²) in [6.07, 6.45) is 0. The summed E-state index contributed by atoms with van der Waals surface area (Å²) in [6, 6.07) is 24.7. The number of benzene rings is 4. The molecule has 0 fully saturated rings. The van der Waals surface area contributed by atoms with Crippen LogP contribution < -0.4 is 0 Å². The summed E-state index contributed by atoms with van der Waals surface area (Å²) in [6.45, 7) is 3.64. The number of furan rings is 1. The van der Waals surface area contributed by atoms with Crippen molar-refractivity contribution in [3.05, 3.63) is 82.8 Å². The highest BCUT2D eigenvalue weighted by Gasteiger charge is 2.21. The van der Waals surface area contributed by atoms with Crippen molar-refractivity contribution in [3.63, 3.8) is 0 Å². The molecule has 3 heteroatoms. The van der Waals surface area contributed by atoms with Gasteiger partial charge in [0.1, 0.15) is 11.2 Å². The van der Waals surface area contributed by atoms with Gasteiger partial charge in [-0.15, -0.1) is 0 Å². The summed E-state index contributed by atoms with van der Waals surface area (Å²) in [7, 11) is 0. The predicted octanol–water partition coefficient (Wildman–Crippen LogP) is 7.40. The highest BCUT2D eigenvalue weighted by molar-refractivity contribution is 9.10. The standard InChI is InChI=1S/C25H19BrO2/c1-25(2,27)20-10-6-5-7-16(20)15-11-12-22-19(13-15)24-18-9-4-3-8-17(18)21(26)14-23(24)28-22/h3-14,27H,1-2H3. The smallest absolute Gasteiger partial charge is 0.137 e. The van der Waals surface area contributed by atoms with Crippen LogP contribution in [0.4, 0.5) is 0 Å². The van der Waals surface area contributed by atoms with Crippen molar-refractivity contribution in [2.24, 2.45) is 0 Å². The molecule has 0 bridgehead atoms. The lowest BCUT2D eigenvalue weighted by molar-refractivity contribution is 0.0792. The van der Waals surface area contributed by atoms with Gasteiger partial charge in [0.2, 0.25) is 0 Å². The highest BCUT2D eigenvalue weighted by atomic mass is 79.9. The van der Waals surface area contributed by atoms with E-state index in [0.717, 1.165) is 43.1 Å². The molecule has 0 saturated heterocycles. The summed E-state index contributed by atoms with van der Waals surface area (Å²) in [5, 5.41) is 15.2. The Morgan fingerprint density at radius 3 is 2.29 bits per heavy atom. The second-order valence-electron chi connectivity index (χ2n) is 7.69. The topological polar surface area (TPSA) is 33.4 Å². The van der Waals surface area contributed by atoms with Gasteiger partial charge in [0, 0.05) is 15.2 Å². The van der Waals surface area contributed by atoms with Crippen LogP contribution in [0.15, 0.2) is 81.7 Å². The van der Waals surface area contributed by atoms with Gasteiger partial charge >= 0.3 is 0 Å². The third-order valence-corrected chi connectivity index (χ3v) is 5.98. The molecule has 0 radical (unpaired) electrons. The van der Waals surface area contributed by atoms with E-state index < -0.39 is 5.60 Å². The molecule has 1 aromatic heterocycles. The summed E-state index contributed by atoms with van der Waals surface area (Å²) < 4.78 is 7.18. The van der Waals surface area contributed by atoms with Crippen molar-refractivity contribution in [1.29, 1.82) is 0 Å². The molecule has 0 unspecified atom stereocenters. The third-order valence-electron chi connectivity index (χ3n) is 5.32. The molecule has 1 heterocycles. The maximum absolute atomic E-state index is 10.6. The van der Waals surface area contributed by atoms with Crippen molar-refractivity contribution < 1.29 is 9.52 Å². The van der Waals surface area contributed by atoms with E-state index in [2.05, 4.69) is 52.3 Å². The van der Waals surface area contributed by atoms with Gasteiger partial charge in [0.15, 0.2) is 0 Å². The van der Waals surface area contributed by atoms with Crippen molar-refractivity contribution in [2.45, 2.75) is 19.4 Å². The first-order chi connectivity index (χ1) is 13.4. The molecule has 138 valence electrons. The number of hydrogen-bond donors (Lipinski definition) is 1. The Hall–Kier alpha value is -2.62. The molecule has 0 aliphatic carbocycles. The van der Waals surface area contributed by atoms with Crippen LogP contribution in [0.25, 0.3) is 43.8 Å². The zero-order valence-corrected chi connectivity index (χ0v) is 17.2. The zero-order chi connectivity index (χ0) is 19.5. The Kier molecular flexibility index (Phi) is 3.87. The van der Waals surface area contributed by atoms with E-state index in [9.17, 15) is 5.11 Å². The van der Waals surface area contributed by atoms with Crippen LogP contribution in [-0.2, 0) is 5.60 Å². The Morgan fingerprint density at radius 2 is 1.50 bits per heavy atom. The minimum absolute atomic E-state index is 0.864. The minimum atomic E-state index is -0.915. The second kappa shape index (κ2) is 6.20. The van der Waals surface area contributed by atoms with Gasteiger partial charge in [-0.1, -0.05) is 70.5 Å². The van der Waals surface area contributed by atoms with Gasteiger partial charge in [-0.25, -0.2) is 0 Å². The van der Waals surface area contributed by atoms with Gasteiger partial charge in [0.25, 0.3) is 0 Å². The van der Waals surface area contributed by atoms with Crippen LogP contribution in [0.2, 0.25) is 0 Å². The number of halogens is 1. The first-order valence-corrected chi connectivity index (χ1v) is 10.1. The molecule has 5 aromatic rings. The van der Waals surface area contributed by atoms with Crippen molar-refractivity contribution in [1.82, 2.24) is 0 Å². The van der Waals surface area contributed by atoms with Crippen LogP contribution in [0.3, 0.4) is 0 Å². The second-order valence-corrected chi connectivity index (χ2v) is 8.55. The Balaban J connectivity index is 1.86. The molecule has 4 aromatic carbocycles. The number of rotatable bonds is 2. The van der Waals surface area contributed by atoms with E-state index in [4.69, 9.17) is 4.42 Å². The van der Waals surface area contributed by atoms with Crippen LogP contribution >= 0.6 is 15.9 Å². The maximum Gasteiger partial charge on any atom is 0.137 e. The van der Waals surface area contributed by atoms with Crippen LogP contribution in [0.1, 0.15) is 19.4 Å². The Labute approximate surface area is 171 Å². The molecule has 0 atom stereocenters. The predicted molar refractivity (Wildman–Crippen MR) is 120 cm³/mol. The van der Waals surface area contributed by atoms with Gasteiger partial charge in [0.05, 0.1) is 5.60 Å². The van der Waals surface area contributed by atoms with Crippen molar-refractivity contribution in [2.75, 3.05) is 0 Å². The average Bonchev–Trinajstić information content (AvgIpc) is 3.05. The van der Waals surface area contributed by atoms with Gasteiger partial charge in [-0.05, 0) is 59.5 Å². The van der Waals surface area contributed by atoms with Gasteiger partial charge in [-0.2, -0.15) is 0 Å². The molecule has 28 heavy (non-hydrogen) atoms. The lowest BCUT2D eigenvalue weighted by Crippen LogP contribution is -2.16. The van der Waals surface area contributed by atoms with Gasteiger partial charge < -0.3 is 9.52 Å². The molecule has 1 N–H and O–H groups in total. The fourth-order valence-corrected chi connectivity index (χ4v) is 4.59. The molecule has 0 amide bonds. The van der Waals surface area contributed by atoms with Crippen molar-refractivity contribution >= 4 is 48.6 Å². The summed E-state index contributed by atoms with van der Waals surface area (Å²) in [4.78, 5) is 0. The highest BCUT2D eigenvalue weighted by Crippen LogP contribution is 2.40. The van der Waals surface area contributed by atoms with Gasteiger partial charge in [-0.3, -0.25) is 0 Å². The van der Waals surface area contributed by atoms with E-state index in [-0.39, 0.29) is 0 Å². The lowest BCUT2D eigenvalue weighted by Gasteiger charge is -2.21. The molecule has 2 nitrogen and oxygen atoms in total. The quantitative estimate of drug-likeness (QED) is 0.316. The Morgan fingerprint density at radius 1 is 0.786 bits per heavy atom. The summed E-state index contributed by atoms with van der Waals surface area (Å²) in [5.74, 6) is 0. The normalized spacial score (nSPS) is 12.3. The third kappa shape index (κ3) is 2.66. The van der Waals surface area contributed by atoms with Crippen LogP contribution in [-0.4, -0.2) is 5.11 Å². The number of hydrogen-bond acceptors (Lipinski definition) is 2. The first-order valence-electron chi connectivity index (χ1n) is 9.29. The average molecular weight is 431 g/mol. The molecule has 0 aliphatic rings. The van der Waals surface area contributed by atoms with Crippen LogP contribution in [0, 0.1) is 0 Å². The van der Waals surface area contributed by atoms with Crippen LogP contribution in [0.5, 0.6) is 0 Å². The zero-order valence-electron chi connectivity index (χ0n) is 15.7. The number of fused-ring (bicyclic) bond motifs is 5.